The number of rotatable bonds is 6. The van der Waals surface area contributed by atoms with Gasteiger partial charge in [-0.2, -0.15) is 4.98 Å². The SMILES string of the molecule is CC(C)c1cc(Oc2cccc(Cl)c2)nc(SCc2ccccc2Cl)n1. The molecule has 1 heterocycles. The Labute approximate surface area is 167 Å². The fraction of sp³-hybridized carbons (Fsp3) is 0.200. The van der Waals surface area contributed by atoms with Crippen LogP contribution in [0, 0.1) is 0 Å². The van der Waals surface area contributed by atoms with E-state index in [1.807, 2.05) is 42.5 Å². The van der Waals surface area contributed by atoms with E-state index in [1.165, 1.54) is 11.8 Å². The third-order valence-electron chi connectivity index (χ3n) is 3.63. The van der Waals surface area contributed by atoms with Gasteiger partial charge in [-0.15, -0.1) is 0 Å². The molecule has 1 aromatic heterocycles. The van der Waals surface area contributed by atoms with Crippen molar-refractivity contribution in [1.82, 2.24) is 9.97 Å². The molecule has 0 atom stereocenters. The second-order valence-electron chi connectivity index (χ2n) is 6.01. The maximum atomic E-state index is 6.23. The molecule has 3 aromatic rings. The number of benzene rings is 2. The predicted molar refractivity (Wildman–Crippen MR) is 109 cm³/mol. The van der Waals surface area contributed by atoms with E-state index in [9.17, 15) is 0 Å². The fourth-order valence-corrected chi connectivity index (χ4v) is 3.57. The first-order chi connectivity index (χ1) is 12.5. The van der Waals surface area contributed by atoms with Crippen LogP contribution in [0.5, 0.6) is 11.6 Å². The van der Waals surface area contributed by atoms with Crippen molar-refractivity contribution in [3.8, 4) is 11.6 Å². The highest BCUT2D eigenvalue weighted by atomic mass is 35.5. The first-order valence-corrected chi connectivity index (χ1v) is 9.94. The highest BCUT2D eigenvalue weighted by molar-refractivity contribution is 7.98. The molecule has 0 N–H and O–H groups in total. The van der Waals surface area contributed by atoms with Crippen molar-refractivity contribution in [3.05, 3.63) is 75.9 Å². The number of nitrogens with zero attached hydrogens (tertiary/aromatic N) is 2. The van der Waals surface area contributed by atoms with Gasteiger partial charge in [-0.3, -0.25) is 0 Å². The molecule has 0 bridgehead atoms. The predicted octanol–water partition coefficient (Wildman–Crippen LogP) is 6.99. The Kier molecular flexibility index (Phi) is 6.41. The summed E-state index contributed by atoms with van der Waals surface area (Å²) < 4.78 is 5.89. The molecule has 0 aliphatic rings. The molecule has 134 valence electrons. The molecular weight excluding hydrogens is 387 g/mol. The van der Waals surface area contributed by atoms with Gasteiger partial charge in [0.25, 0.3) is 0 Å². The van der Waals surface area contributed by atoms with Gasteiger partial charge in [0.2, 0.25) is 5.88 Å². The molecule has 0 aliphatic carbocycles. The first kappa shape index (κ1) is 19.0. The van der Waals surface area contributed by atoms with Crippen LogP contribution in [0.25, 0.3) is 0 Å². The normalized spacial score (nSPS) is 11.0. The quantitative estimate of drug-likeness (QED) is 0.327. The van der Waals surface area contributed by atoms with Gasteiger partial charge < -0.3 is 4.74 Å². The molecule has 3 rings (SSSR count). The molecule has 0 unspecified atom stereocenters. The van der Waals surface area contributed by atoms with E-state index in [2.05, 4.69) is 23.8 Å². The largest absolute Gasteiger partial charge is 0.439 e. The molecule has 0 saturated heterocycles. The molecular formula is C20H18Cl2N2OS. The van der Waals surface area contributed by atoms with E-state index in [4.69, 9.17) is 27.9 Å². The summed E-state index contributed by atoms with van der Waals surface area (Å²) in [4.78, 5) is 9.17. The van der Waals surface area contributed by atoms with Crippen molar-refractivity contribution in [2.24, 2.45) is 0 Å². The lowest BCUT2D eigenvalue weighted by Gasteiger charge is -2.11. The van der Waals surface area contributed by atoms with Gasteiger partial charge in [-0.25, -0.2) is 4.98 Å². The molecule has 0 fully saturated rings. The van der Waals surface area contributed by atoms with Crippen LogP contribution in [-0.2, 0) is 5.75 Å². The fourth-order valence-electron chi connectivity index (χ4n) is 2.24. The highest BCUT2D eigenvalue weighted by Crippen LogP contribution is 2.29. The summed E-state index contributed by atoms with van der Waals surface area (Å²) in [5.74, 6) is 2.11. The average molecular weight is 405 g/mol. The van der Waals surface area contributed by atoms with E-state index in [0.717, 1.165) is 16.3 Å². The second-order valence-corrected chi connectivity index (χ2v) is 7.79. The van der Waals surface area contributed by atoms with Crippen LogP contribution in [0.4, 0.5) is 0 Å². The van der Waals surface area contributed by atoms with E-state index in [0.29, 0.717) is 27.6 Å². The molecule has 6 heteroatoms. The van der Waals surface area contributed by atoms with E-state index in [1.54, 1.807) is 12.1 Å². The van der Waals surface area contributed by atoms with Crippen LogP contribution in [0.3, 0.4) is 0 Å². The smallest absolute Gasteiger partial charge is 0.223 e. The molecule has 0 radical (unpaired) electrons. The molecule has 0 amide bonds. The summed E-state index contributed by atoms with van der Waals surface area (Å²) in [5, 5.41) is 2.03. The molecule has 3 nitrogen and oxygen atoms in total. The Morgan fingerprint density at radius 3 is 2.54 bits per heavy atom. The Bertz CT molecular complexity index is 902. The van der Waals surface area contributed by atoms with Gasteiger partial charge in [-0.1, -0.05) is 73.1 Å². The Hall–Kier alpha value is -1.75. The first-order valence-electron chi connectivity index (χ1n) is 8.20. The van der Waals surface area contributed by atoms with E-state index >= 15 is 0 Å². The molecule has 26 heavy (non-hydrogen) atoms. The van der Waals surface area contributed by atoms with Crippen molar-refractivity contribution in [2.45, 2.75) is 30.7 Å². The minimum atomic E-state index is 0.263. The number of halogens is 2. The van der Waals surface area contributed by atoms with Crippen LogP contribution < -0.4 is 4.74 Å². The van der Waals surface area contributed by atoms with Crippen molar-refractivity contribution in [3.63, 3.8) is 0 Å². The van der Waals surface area contributed by atoms with Crippen LogP contribution >= 0.6 is 35.0 Å². The zero-order valence-corrected chi connectivity index (χ0v) is 16.8. The van der Waals surface area contributed by atoms with Gasteiger partial charge in [0.05, 0.1) is 5.69 Å². The minimum Gasteiger partial charge on any atom is -0.439 e. The summed E-state index contributed by atoms with van der Waals surface area (Å²) in [6.07, 6.45) is 0. The van der Waals surface area contributed by atoms with Crippen molar-refractivity contribution < 1.29 is 4.74 Å². The zero-order chi connectivity index (χ0) is 18.5. The van der Waals surface area contributed by atoms with Gasteiger partial charge in [0.1, 0.15) is 5.75 Å². The van der Waals surface area contributed by atoms with Crippen LogP contribution in [0.1, 0.15) is 31.0 Å². The molecule has 0 spiro atoms. The monoisotopic (exact) mass is 404 g/mol. The number of thioether (sulfide) groups is 1. The highest BCUT2D eigenvalue weighted by Gasteiger charge is 2.11. The lowest BCUT2D eigenvalue weighted by atomic mass is 10.1. The number of hydrogen-bond acceptors (Lipinski definition) is 4. The Morgan fingerprint density at radius 1 is 1.00 bits per heavy atom. The standard InChI is InChI=1S/C20H18Cl2N2OS/c1-13(2)18-11-19(25-16-8-5-7-15(21)10-16)24-20(23-18)26-12-14-6-3-4-9-17(14)22/h3-11,13H,12H2,1-2H3. The summed E-state index contributed by atoms with van der Waals surface area (Å²) in [7, 11) is 0. The zero-order valence-electron chi connectivity index (χ0n) is 14.4. The maximum absolute atomic E-state index is 6.23. The average Bonchev–Trinajstić information content (AvgIpc) is 2.61. The van der Waals surface area contributed by atoms with Crippen LogP contribution in [-0.4, -0.2) is 9.97 Å². The van der Waals surface area contributed by atoms with Crippen LogP contribution in [0.15, 0.2) is 59.8 Å². The Morgan fingerprint density at radius 2 is 1.81 bits per heavy atom. The summed E-state index contributed by atoms with van der Waals surface area (Å²) in [6, 6.07) is 16.9. The van der Waals surface area contributed by atoms with Crippen LogP contribution in [0.2, 0.25) is 10.0 Å². The lowest BCUT2D eigenvalue weighted by molar-refractivity contribution is 0.453. The molecule has 0 aliphatic heterocycles. The maximum Gasteiger partial charge on any atom is 0.223 e. The third-order valence-corrected chi connectivity index (χ3v) is 5.13. The molecule has 2 aromatic carbocycles. The Balaban J connectivity index is 1.83. The number of hydrogen-bond donors (Lipinski definition) is 0. The topological polar surface area (TPSA) is 35.0 Å². The number of ether oxygens (including phenoxy) is 1. The van der Waals surface area contributed by atoms with E-state index in [-0.39, 0.29) is 5.92 Å². The number of aromatic nitrogens is 2. The minimum absolute atomic E-state index is 0.263. The van der Waals surface area contributed by atoms with Gasteiger partial charge in [0, 0.05) is 21.9 Å². The van der Waals surface area contributed by atoms with Crippen molar-refractivity contribution >= 4 is 35.0 Å². The van der Waals surface area contributed by atoms with Gasteiger partial charge >= 0.3 is 0 Å². The third kappa shape index (κ3) is 5.13. The second kappa shape index (κ2) is 8.76. The van der Waals surface area contributed by atoms with Crippen molar-refractivity contribution in [1.29, 1.82) is 0 Å². The van der Waals surface area contributed by atoms with E-state index < -0.39 is 0 Å². The molecule has 0 saturated carbocycles. The lowest BCUT2D eigenvalue weighted by Crippen LogP contribution is -2.00. The van der Waals surface area contributed by atoms with Gasteiger partial charge in [0.15, 0.2) is 5.16 Å². The summed E-state index contributed by atoms with van der Waals surface area (Å²) in [5.41, 5.74) is 1.98. The van der Waals surface area contributed by atoms with Crippen molar-refractivity contribution in [2.75, 3.05) is 0 Å². The van der Waals surface area contributed by atoms with Gasteiger partial charge in [-0.05, 0) is 35.7 Å². The summed E-state index contributed by atoms with van der Waals surface area (Å²) >= 11 is 13.8. The summed E-state index contributed by atoms with van der Waals surface area (Å²) in [6.45, 7) is 4.18.